The lowest BCUT2D eigenvalue weighted by Gasteiger charge is -2.35. The molecule has 1 saturated heterocycles. The third-order valence-corrected chi connectivity index (χ3v) is 4.24. The molecule has 0 spiro atoms. The van der Waals surface area contributed by atoms with E-state index in [2.05, 4.69) is 10.3 Å². The van der Waals surface area contributed by atoms with Gasteiger partial charge in [-0.25, -0.2) is 4.79 Å². The molecule has 5 nitrogen and oxygen atoms in total. The quantitative estimate of drug-likeness (QED) is 0.867. The second-order valence-electron chi connectivity index (χ2n) is 4.45. The van der Waals surface area contributed by atoms with Crippen LogP contribution in [-0.2, 0) is 6.54 Å². The Bertz CT molecular complexity index is 400. The Hall–Kier alpha value is -1.27. The van der Waals surface area contributed by atoms with Crippen LogP contribution in [0.15, 0.2) is 24.5 Å². The Labute approximate surface area is 117 Å². The Morgan fingerprint density at radius 2 is 2.32 bits per heavy atom. The minimum absolute atomic E-state index is 0.0458. The summed E-state index contributed by atoms with van der Waals surface area (Å²) < 4.78 is 0. The number of urea groups is 1. The Morgan fingerprint density at radius 1 is 1.53 bits per heavy atom. The third kappa shape index (κ3) is 4.11. The summed E-state index contributed by atoms with van der Waals surface area (Å²) in [5, 5.41) is 12.0. The minimum Gasteiger partial charge on any atom is -0.396 e. The molecule has 2 heterocycles. The number of hydrogen-bond donors (Lipinski definition) is 2. The first kappa shape index (κ1) is 14.1. The summed E-state index contributed by atoms with van der Waals surface area (Å²) in [6, 6.07) is 3.87. The predicted molar refractivity (Wildman–Crippen MR) is 76.0 cm³/mol. The Kier molecular flexibility index (Phi) is 5.47. The first-order chi connectivity index (χ1) is 9.31. The van der Waals surface area contributed by atoms with Gasteiger partial charge < -0.3 is 15.3 Å². The van der Waals surface area contributed by atoms with E-state index in [0.717, 1.165) is 23.6 Å². The van der Waals surface area contributed by atoms with Gasteiger partial charge in [-0.3, -0.25) is 4.98 Å². The van der Waals surface area contributed by atoms with Crippen LogP contribution >= 0.6 is 11.8 Å². The minimum atomic E-state index is -0.0458. The lowest BCUT2D eigenvalue weighted by Crippen LogP contribution is -2.50. The number of amides is 2. The van der Waals surface area contributed by atoms with Gasteiger partial charge in [0.1, 0.15) is 0 Å². The summed E-state index contributed by atoms with van der Waals surface area (Å²) >= 11 is 1.84. The average Bonchev–Trinajstić information content (AvgIpc) is 2.47. The molecule has 1 aromatic rings. The molecule has 19 heavy (non-hydrogen) atoms. The van der Waals surface area contributed by atoms with E-state index < -0.39 is 0 Å². The fourth-order valence-electron chi connectivity index (χ4n) is 2.09. The molecule has 0 radical (unpaired) electrons. The highest BCUT2D eigenvalue weighted by Crippen LogP contribution is 2.18. The number of aliphatic hydroxyl groups excluding tert-OH is 1. The van der Waals surface area contributed by atoms with Crippen molar-refractivity contribution >= 4 is 17.8 Å². The topological polar surface area (TPSA) is 65.5 Å². The summed E-state index contributed by atoms with van der Waals surface area (Å²) in [4.78, 5) is 18.0. The van der Waals surface area contributed by atoms with Gasteiger partial charge in [-0.05, 0) is 24.1 Å². The van der Waals surface area contributed by atoms with E-state index >= 15 is 0 Å². The molecule has 0 saturated carbocycles. The van der Waals surface area contributed by atoms with Crippen LogP contribution in [-0.4, -0.2) is 51.7 Å². The van der Waals surface area contributed by atoms with E-state index in [9.17, 15) is 4.79 Å². The molecule has 0 bridgehead atoms. The number of thioether (sulfide) groups is 1. The van der Waals surface area contributed by atoms with Gasteiger partial charge in [-0.1, -0.05) is 0 Å². The van der Waals surface area contributed by atoms with Gasteiger partial charge in [-0.2, -0.15) is 11.8 Å². The van der Waals surface area contributed by atoms with E-state index in [-0.39, 0.29) is 18.7 Å². The molecule has 0 aliphatic carbocycles. The van der Waals surface area contributed by atoms with Crippen molar-refractivity contribution in [1.29, 1.82) is 0 Å². The van der Waals surface area contributed by atoms with Crippen molar-refractivity contribution in [2.24, 2.45) is 0 Å². The maximum Gasteiger partial charge on any atom is 0.317 e. The largest absolute Gasteiger partial charge is 0.396 e. The van der Waals surface area contributed by atoms with Crippen LogP contribution in [0.4, 0.5) is 4.79 Å². The monoisotopic (exact) mass is 281 g/mol. The van der Waals surface area contributed by atoms with Crippen LogP contribution in [0.3, 0.4) is 0 Å². The van der Waals surface area contributed by atoms with E-state index in [1.165, 1.54) is 0 Å². The predicted octanol–water partition coefficient (Wildman–Crippen LogP) is 1.09. The van der Waals surface area contributed by atoms with Crippen molar-refractivity contribution in [3.05, 3.63) is 30.1 Å². The lowest BCUT2D eigenvalue weighted by molar-refractivity contribution is 0.165. The molecular formula is C13H19N3O2S. The van der Waals surface area contributed by atoms with Gasteiger partial charge in [-0.15, -0.1) is 0 Å². The maximum absolute atomic E-state index is 12.2. The van der Waals surface area contributed by atoms with Crippen molar-refractivity contribution in [1.82, 2.24) is 15.2 Å². The zero-order chi connectivity index (χ0) is 13.5. The number of hydrogen-bond acceptors (Lipinski definition) is 4. The fraction of sp³-hybridized carbons (Fsp3) is 0.538. The Morgan fingerprint density at radius 3 is 3.05 bits per heavy atom. The van der Waals surface area contributed by atoms with Crippen LogP contribution in [0.2, 0.25) is 0 Å². The molecule has 0 aromatic carbocycles. The fourth-order valence-corrected chi connectivity index (χ4v) is 3.20. The van der Waals surface area contributed by atoms with Gasteiger partial charge in [0.15, 0.2) is 0 Å². The van der Waals surface area contributed by atoms with E-state index in [4.69, 9.17) is 5.11 Å². The average molecular weight is 281 g/mol. The zero-order valence-electron chi connectivity index (χ0n) is 10.8. The third-order valence-electron chi connectivity index (χ3n) is 3.14. The first-order valence-electron chi connectivity index (χ1n) is 6.43. The molecule has 1 atom stereocenters. The van der Waals surface area contributed by atoms with E-state index in [1.807, 2.05) is 28.8 Å². The number of nitrogens with zero attached hydrogens (tertiary/aromatic N) is 2. The van der Waals surface area contributed by atoms with Gasteiger partial charge in [0.25, 0.3) is 0 Å². The summed E-state index contributed by atoms with van der Waals surface area (Å²) in [7, 11) is 0. The lowest BCUT2D eigenvalue weighted by atomic mass is 10.2. The van der Waals surface area contributed by atoms with Crippen LogP contribution < -0.4 is 5.32 Å². The molecule has 2 amide bonds. The number of aliphatic hydroxyl groups is 1. The SMILES string of the molecule is O=C(NCc1ccncc1)N1CCSC[C@@H]1CCO. The second-order valence-corrected chi connectivity index (χ2v) is 5.60. The van der Waals surface area contributed by atoms with Crippen molar-refractivity contribution in [2.75, 3.05) is 24.7 Å². The number of carbonyl (C=O) groups is 1. The van der Waals surface area contributed by atoms with Gasteiger partial charge in [0.05, 0.1) is 0 Å². The maximum atomic E-state index is 12.2. The van der Waals surface area contributed by atoms with Crippen molar-refractivity contribution in [3.8, 4) is 0 Å². The molecule has 2 rings (SSSR count). The smallest absolute Gasteiger partial charge is 0.317 e. The van der Waals surface area contributed by atoms with E-state index in [0.29, 0.717) is 13.0 Å². The first-order valence-corrected chi connectivity index (χ1v) is 7.58. The van der Waals surface area contributed by atoms with Crippen LogP contribution in [0.1, 0.15) is 12.0 Å². The number of nitrogens with one attached hydrogen (secondary N) is 1. The summed E-state index contributed by atoms with van der Waals surface area (Å²) in [5.74, 6) is 1.87. The standard InChI is InChI=1S/C13H19N3O2S/c17-7-3-12-10-19-8-6-16(12)13(18)15-9-11-1-4-14-5-2-11/h1-2,4-5,12,17H,3,6-10H2,(H,15,18)/t12-/m0/s1. The van der Waals surface area contributed by atoms with Gasteiger partial charge >= 0.3 is 6.03 Å². The number of carbonyl (C=O) groups excluding carboxylic acids is 1. The summed E-state index contributed by atoms with van der Waals surface area (Å²) in [6.07, 6.45) is 4.08. The molecule has 1 aromatic heterocycles. The molecule has 6 heteroatoms. The molecule has 0 unspecified atom stereocenters. The molecule has 2 N–H and O–H groups in total. The van der Waals surface area contributed by atoms with Crippen LogP contribution in [0, 0.1) is 0 Å². The van der Waals surface area contributed by atoms with E-state index in [1.54, 1.807) is 12.4 Å². The number of aromatic nitrogens is 1. The van der Waals surface area contributed by atoms with Gasteiger partial charge in [0.2, 0.25) is 0 Å². The second kappa shape index (κ2) is 7.35. The molecule has 1 aliphatic rings. The highest BCUT2D eigenvalue weighted by molar-refractivity contribution is 7.99. The Balaban J connectivity index is 1.87. The summed E-state index contributed by atoms with van der Waals surface area (Å²) in [6.45, 7) is 1.38. The number of pyridine rings is 1. The molecule has 1 fully saturated rings. The van der Waals surface area contributed by atoms with Crippen LogP contribution in [0.5, 0.6) is 0 Å². The molecular weight excluding hydrogens is 262 g/mol. The zero-order valence-corrected chi connectivity index (χ0v) is 11.6. The number of rotatable bonds is 4. The molecule has 104 valence electrons. The van der Waals surface area contributed by atoms with Crippen molar-refractivity contribution in [3.63, 3.8) is 0 Å². The van der Waals surface area contributed by atoms with Crippen molar-refractivity contribution < 1.29 is 9.90 Å². The highest BCUT2D eigenvalue weighted by atomic mass is 32.2. The normalized spacial score (nSPS) is 19.2. The molecule has 1 aliphatic heterocycles. The van der Waals surface area contributed by atoms with Gasteiger partial charge in [0, 0.05) is 49.6 Å². The highest BCUT2D eigenvalue weighted by Gasteiger charge is 2.26. The van der Waals surface area contributed by atoms with Crippen molar-refractivity contribution in [2.45, 2.75) is 19.0 Å². The van der Waals surface area contributed by atoms with Crippen LogP contribution in [0.25, 0.3) is 0 Å². The summed E-state index contributed by atoms with van der Waals surface area (Å²) in [5.41, 5.74) is 1.04.